The highest BCUT2D eigenvalue weighted by atomic mass is 15.2. The standard InChI is InChI=1S/C7H9N7/c8-6-10-4-11-7(14-6)9-1-5-2-12-13-3-5/h2-4H,1H2,(H,12,13)(H3,8,9,10,11,14). The van der Waals surface area contributed by atoms with Crippen LogP contribution in [-0.2, 0) is 6.54 Å². The first-order valence-corrected chi connectivity index (χ1v) is 4.00. The van der Waals surface area contributed by atoms with Gasteiger partial charge in [-0.2, -0.15) is 10.1 Å². The zero-order valence-electron chi connectivity index (χ0n) is 7.31. The van der Waals surface area contributed by atoms with E-state index in [1.165, 1.54) is 6.33 Å². The van der Waals surface area contributed by atoms with Crippen molar-refractivity contribution in [3.63, 3.8) is 0 Å². The zero-order chi connectivity index (χ0) is 9.80. The van der Waals surface area contributed by atoms with Crippen molar-refractivity contribution in [2.24, 2.45) is 0 Å². The van der Waals surface area contributed by atoms with E-state index in [1.54, 1.807) is 12.4 Å². The summed E-state index contributed by atoms with van der Waals surface area (Å²) in [7, 11) is 0. The molecule has 72 valence electrons. The average Bonchev–Trinajstić information content (AvgIpc) is 2.67. The van der Waals surface area contributed by atoms with Crippen LogP contribution >= 0.6 is 0 Å². The number of anilines is 2. The van der Waals surface area contributed by atoms with Crippen LogP contribution in [0, 0.1) is 0 Å². The maximum absolute atomic E-state index is 5.39. The Morgan fingerprint density at radius 1 is 1.43 bits per heavy atom. The van der Waals surface area contributed by atoms with E-state index in [0.29, 0.717) is 12.5 Å². The van der Waals surface area contributed by atoms with Crippen molar-refractivity contribution in [1.29, 1.82) is 0 Å². The van der Waals surface area contributed by atoms with Gasteiger partial charge in [-0.25, -0.2) is 9.97 Å². The molecule has 2 rings (SSSR count). The largest absolute Gasteiger partial charge is 0.368 e. The van der Waals surface area contributed by atoms with Crippen molar-refractivity contribution >= 4 is 11.9 Å². The number of nitrogens with one attached hydrogen (secondary N) is 2. The molecule has 0 spiro atoms. The SMILES string of the molecule is Nc1ncnc(NCc2cn[nH]c2)n1. The first-order valence-electron chi connectivity index (χ1n) is 4.00. The van der Waals surface area contributed by atoms with Gasteiger partial charge in [-0.15, -0.1) is 0 Å². The van der Waals surface area contributed by atoms with E-state index < -0.39 is 0 Å². The maximum atomic E-state index is 5.39. The first kappa shape index (κ1) is 8.42. The second kappa shape index (κ2) is 3.69. The molecule has 2 aromatic rings. The lowest BCUT2D eigenvalue weighted by Crippen LogP contribution is -2.05. The average molecular weight is 191 g/mol. The van der Waals surface area contributed by atoms with Crippen molar-refractivity contribution in [2.45, 2.75) is 6.54 Å². The van der Waals surface area contributed by atoms with Crippen LogP contribution in [0.2, 0.25) is 0 Å². The van der Waals surface area contributed by atoms with Gasteiger partial charge in [0.05, 0.1) is 6.20 Å². The summed E-state index contributed by atoms with van der Waals surface area (Å²) in [4.78, 5) is 11.5. The lowest BCUT2D eigenvalue weighted by Gasteiger charge is -2.01. The lowest BCUT2D eigenvalue weighted by molar-refractivity contribution is 1.01. The third kappa shape index (κ3) is 1.94. The molecular formula is C7H9N7. The van der Waals surface area contributed by atoms with Crippen LogP contribution in [0.25, 0.3) is 0 Å². The second-order valence-corrected chi connectivity index (χ2v) is 2.63. The highest BCUT2D eigenvalue weighted by Gasteiger charge is 1.97. The molecule has 0 aliphatic rings. The van der Waals surface area contributed by atoms with Gasteiger partial charge in [0.1, 0.15) is 6.33 Å². The van der Waals surface area contributed by atoms with E-state index in [0.717, 1.165) is 5.56 Å². The van der Waals surface area contributed by atoms with Crippen molar-refractivity contribution in [2.75, 3.05) is 11.1 Å². The normalized spacial score (nSPS) is 10.0. The number of aromatic nitrogens is 5. The van der Waals surface area contributed by atoms with Gasteiger partial charge >= 0.3 is 0 Å². The fourth-order valence-electron chi connectivity index (χ4n) is 0.950. The summed E-state index contributed by atoms with van der Waals surface area (Å²) < 4.78 is 0. The number of hydrogen-bond acceptors (Lipinski definition) is 6. The molecule has 0 saturated carbocycles. The molecule has 0 saturated heterocycles. The molecule has 0 aliphatic heterocycles. The monoisotopic (exact) mass is 191 g/mol. The van der Waals surface area contributed by atoms with Gasteiger partial charge in [0, 0.05) is 18.3 Å². The van der Waals surface area contributed by atoms with Crippen molar-refractivity contribution in [1.82, 2.24) is 25.1 Å². The summed E-state index contributed by atoms with van der Waals surface area (Å²) in [5.74, 6) is 0.661. The highest BCUT2D eigenvalue weighted by Crippen LogP contribution is 2.01. The lowest BCUT2D eigenvalue weighted by atomic mass is 10.4. The molecular weight excluding hydrogens is 182 g/mol. The van der Waals surface area contributed by atoms with Gasteiger partial charge in [0.2, 0.25) is 11.9 Å². The van der Waals surface area contributed by atoms with Crippen LogP contribution in [0.5, 0.6) is 0 Å². The molecule has 7 nitrogen and oxygen atoms in total. The minimum absolute atomic E-state index is 0.203. The number of rotatable bonds is 3. The Kier molecular flexibility index (Phi) is 2.22. The highest BCUT2D eigenvalue weighted by molar-refractivity contribution is 5.29. The minimum Gasteiger partial charge on any atom is -0.368 e. The van der Waals surface area contributed by atoms with E-state index in [4.69, 9.17) is 5.73 Å². The van der Waals surface area contributed by atoms with Gasteiger partial charge < -0.3 is 11.1 Å². The molecule has 2 heterocycles. The van der Waals surface area contributed by atoms with Crippen molar-refractivity contribution in [3.8, 4) is 0 Å². The molecule has 0 fully saturated rings. The summed E-state index contributed by atoms with van der Waals surface area (Å²) in [6.45, 7) is 0.597. The number of aromatic amines is 1. The van der Waals surface area contributed by atoms with E-state index in [9.17, 15) is 0 Å². The van der Waals surface area contributed by atoms with Crippen LogP contribution in [0.3, 0.4) is 0 Å². The Hall–Kier alpha value is -2.18. The summed E-state index contributed by atoms with van der Waals surface area (Å²) >= 11 is 0. The Bertz CT molecular complexity index is 396. The van der Waals surface area contributed by atoms with Crippen LogP contribution in [-0.4, -0.2) is 25.1 Å². The van der Waals surface area contributed by atoms with Gasteiger partial charge in [-0.05, 0) is 0 Å². The quantitative estimate of drug-likeness (QED) is 0.619. The van der Waals surface area contributed by atoms with Crippen LogP contribution < -0.4 is 11.1 Å². The molecule has 4 N–H and O–H groups in total. The molecule has 0 radical (unpaired) electrons. The van der Waals surface area contributed by atoms with Crippen LogP contribution in [0.4, 0.5) is 11.9 Å². The van der Waals surface area contributed by atoms with Gasteiger partial charge in [0.15, 0.2) is 0 Å². The fourth-order valence-corrected chi connectivity index (χ4v) is 0.950. The van der Waals surface area contributed by atoms with E-state index in [1.807, 2.05) is 0 Å². The van der Waals surface area contributed by atoms with Gasteiger partial charge in [-0.3, -0.25) is 5.10 Å². The summed E-state index contributed by atoms with van der Waals surface area (Å²) in [6, 6.07) is 0. The van der Waals surface area contributed by atoms with Crippen molar-refractivity contribution < 1.29 is 0 Å². The summed E-state index contributed by atoms with van der Waals surface area (Å²) in [5, 5.41) is 9.50. The third-order valence-electron chi connectivity index (χ3n) is 1.60. The van der Waals surface area contributed by atoms with Crippen molar-refractivity contribution in [3.05, 3.63) is 24.3 Å². The maximum Gasteiger partial charge on any atom is 0.227 e. The molecule has 0 aliphatic carbocycles. The molecule has 14 heavy (non-hydrogen) atoms. The number of hydrogen-bond donors (Lipinski definition) is 3. The number of H-pyrrole nitrogens is 1. The topological polar surface area (TPSA) is 105 Å². The van der Waals surface area contributed by atoms with Gasteiger partial charge in [-0.1, -0.05) is 0 Å². The Balaban J connectivity index is 1.98. The molecule has 2 aromatic heterocycles. The summed E-state index contributed by atoms with van der Waals surface area (Å²) in [6.07, 6.45) is 4.87. The van der Waals surface area contributed by atoms with E-state index >= 15 is 0 Å². The van der Waals surface area contributed by atoms with Gasteiger partial charge in [0.25, 0.3) is 0 Å². The first-order chi connectivity index (χ1) is 6.84. The third-order valence-corrected chi connectivity index (χ3v) is 1.60. The van der Waals surface area contributed by atoms with Crippen LogP contribution in [0.1, 0.15) is 5.56 Å². The Morgan fingerprint density at radius 3 is 3.07 bits per heavy atom. The number of nitrogen functional groups attached to an aromatic ring is 1. The predicted molar refractivity (Wildman–Crippen MR) is 50.2 cm³/mol. The molecule has 7 heteroatoms. The van der Waals surface area contributed by atoms with Crippen LogP contribution in [0.15, 0.2) is 18.7 Å². The fraction of sp³-hybridized carbons (Fsp3) is 0.143. The zero-order valence-corrected chi connectivity index (χ0v) is 7.31. The molecule has 0 atom stereocenters. The predicted octanol–water partition coefficient (Wildman–Crippen LogP) is -0.211. The molecule has 0 aromatic carbocycles. The van der Waals surface area contributed by atoms with E-state index in [2.05, 4.69) is 30.5 Å². The molecule has 0 amide bonds. The number of nitrogens with two attached hydrogens (primary N) is 1. The minimum atomic E-state index is 0.203. The Morgan fingerprint density at radius 2 is 2.36 bits per heavy atom. The van der Waals surface area contributed by atoms with E-state index in [-0.39, 0.29) is 5.95 Å². The molecule has 0 bridgehead atoms. The number of nitrogens with zero attached hydrogens (tertiary/aromatic N) is 4. The Labute approximate surface area is 79.8 Å². The second-order valence-electron chi connectivity index (χ2n) is 2.63. The smallest absolute Gasteiger partial charge is 0.227 e. The summed E-state index contributed by atoms with van der Waals surface area (Å²) in [5.41, 5.74) is 6.40. The molecule has 0 unspecified atom stereocenters.